The lowest BCUT2D eigenvalue weighted by molar-refractivity contribution is 0.428. The van der Waals surface area contributed by atoms with Crippen LogP contribution >= 0.6 is 11.8 Å². The third-order valence-corrected chi connectivity index (χ3v) is 4.54. The minimum absolute atomic E-state index is 0.719. The summed E-state index contributed by atoms with van der Waals surface area (Å²) in [7, 11) is 0. The largest absolute Gasteiger partial charge is 0.165 e. The monoisotopic (exact) mass is 268 g/mol. The topological polar surface area (TPSA) is 0 Å². The van der Waals surface area contributed by atoms with Gasteiger partial charge in [0, 0.05) is 0 Å². The molecule has 0 aliphatic carbocycles. The van der Waals surface area contributed by atoms with E-state index in [0.717, 1.165) is 18.3 Å². The van der Waals surface area contributed by atoms with E-state index in [-0.39, 0.29) is 0 Å². The van der Waals surface area contributed by atoms with Gasteiger partial charge >= 0.3 is 0 Å². The summed E-state index contributed by atoms with van der Waals surface area (Å²) in [5.41, 5.74) is 2.81. The third-order valence-electron chi connectivity index (χ3n) is 3.90. The highest BCUT2D eigenvalue weighted by atomic mass is 32.2. The van der Waals surface area contributed by atoms with Gasteiger partial charge in [-0.05, 0) is 62.9 Å². The maximum atomic E-state index is 4.26. The molecule has 0 nitrogen and oxygen atoms in total. The Labute approximate surface area is 119 Å². The zero-order valence-electron chi connectivity index (χ0n) is 12.9. The summed E-state index contributed by atoms with van der Waals surface area (Å²) in [6, 6.07) is 0. The van der Waals surface area contributed by atoms with E-state index in [1.54, 1.807) is 0 Å². The first-order chi connectivity index (χ1) is 8.56. The maximum Gasteiger partial charge on any atom is -0.00646 e. The molecule has 2 atom stereocenters. The van der Waals surface area contributed by atoms with Crippen LogP contribution in [0.1, 0.15) is 59.3 Å². The second-order valence-corrected chi connectivity index (χ2v) is 6.39. The van der Waals surface area contributed by atoms with Crippen LogP contribution in [0.5, 0.6) is 0 Å². The van der Waals surface area contributed by atoms with Gasteiger partial charge < -0.3 is 0 Å². The molecule has 0 rings (SSSR count). The minimum atomic E-state index is 0.719. The van der Waals surface area contributed by atoms with Crippen molar-refractivity contribution in [3.05, 3.63) is 24.3 Å². The highest BCUT2D eigenvalue weighted by Gasteiger charge is 2.15. The average Bonchev–Trinajstić information content (AvgIpc) is 2.36. The summed E-state index contributed by atoms with van der Waals surface area (Å²) < 4.78 is 0. The Kier molecular flexibility index (Phi) is 10.6. The van der Waals surface area contributed by atoms with Gasteiger partial charge in [-0.1, -0.05) is 44.6 Å². The molecule has 0 N–H and O–H groups in total. The number of rotatable bonds is 11. The van der Waals surface area contributed by atoms with Crippen molar-refractivity contribution in [2.45, 2.75) is 59.3 Å². The van der Waals surface area contributed by atoms with Crippen molar-refractivity contribution in [2.24, 2.45) is 11.8 Å². The zero-order chi connectivity index (χ0) is 14.0. The van der Waals surface area contributed by atoms with Crippen molar-refractivity contribution in [1.82, 2.24) is 0 Å². The predicted octanol–water partition coefficient (Wildman–Crippen LogP) is 6.09. The molecule has 0 aliphatic rings. The first-order valence-electron chi connectivity index (χ1n) is 7.38. The van der Waals surface area contributed by atoms with Crippen molar-refractivity contribution < 1.29 is 0 Å². The lowest BCUT2D eigenvalue weighted by atomic mass is 9.84. The molecule has 0 saturated carbocycles. The molecule has 18 heavy (non-hydrogen) atoms. The minimum Gasteiger partial charge on any atom is -0.165 e. The van der Waals surface area contributed by atoms with Gasteiger partial charge in [-0.15, -0.1) is 0 Å². The molecule has 0 aromatic rings. The van der Waals surface area contributed by atoms with Gasteiger partial charge in [0.05, 0.1) is 0 Å². The molecule has 0 aliphatic heterocycles. The van der Waals surface area contributed by atoms with Crippen molar-refractivity contribution in [2.75, 3.05) is 12.0 Å². The van der Waals surface area contributed by atoms with Crippen molar-refractivity contribution in [3.8, 4) is 0 Å². The van der Waals surface area contributed by atoms with Crippen molar-refractivity contribution in [1.29, 1.82) is 0 Å². The fraction of sp³-hybridized carbons (Fsp3) is 0.765. The summed E-state index contributed by atoms with van der Waals surface area (Å²) in [6.45, 7) is 15.1. The van der Waals surface area contributed by atoms with Crippen LogP contribution in [0.2, 0.25) is 0 Å². The van der Waals surface area contributed by atoms with Gasteiger partial charge in [-0.3, -0.25) is 0 Å². The van der Waals surface area contributed by atoms with E-state index in [0.29, 0.717) is 0 Å². The Morgan fingerprint density at radius 1 is 1.00 bits per heavy atom. The summed E-state index contributed by atoms with van der Waals surface area (Å²) in [5.74, 6) is 2.70. The Morgan fingerprint density at radius 3 is 2.06 bits per heavy atom. The first kappa shape index (κ1) is 17.8. The molecule has 0 aromatic heterocycles. The number of allylic oxidation sites excluding steroid dienone is 2. The van der Waals surface area contributed by atoms with Crippen LogP contribution in [0.3, 0.4) is 0 Å². The molecule has 0 aromatic carbocycles. The fourth-order valence-corrected chi connectivity index (χ4v) is 3.01. The summed E-state index contributed by atoms with van der Waals surface area (Å²) >= 11 is 1.95. The molecule has 106 valence electrons. The lowest BCUT2D eigenvalue weighted by Gasteiger charge is -2.22. The standard InChI is InChI=1S/C17H32S/c1-7-9-16(14(3)4)10-11-17(12-13-18-6)15(5)8-2/h16-17H,3,5,7-13H2,1-2,4,6H3. The van der Waals surface area contributed by atoms with E-state index >= 15 is 0 Å². The molecule has 0 saturated heterocycles. The normalized spacial score (nSPS) is 14.2. The average molecular weight is 269 g/mol. The Balaban J connectivity index is 4.29. The summed E-state index contributed by atoms with van der Waals surface area (Å²) in [4.78, 5) is 0. The first-order valence-corrected chi connectivity index (χ1v) is 8.78. The molecule has 1 heteroatoms. The molecule has 0 amide bonds. The fourth-order valence-electron chi connectivity index (χ4n) is 2.49. The highest BCUT2D eigenvalue weighted by Crippen LogP contribution is 2.29. The number of thioether (sulfide) groups is 1. The van der Waals surface area contributed by atoms with Gasteiger partial charge in [0.25, 0.3) is 0 Å². The molecule has 0 bridgehead atoms. The molecule has 0 heterocycles. The van der Waals surface area contributed by atoms with E-state index in [1.807, 2.05) is 11.8 Å². The van der Waals surface area contributed by atoms with Crippen molar-refractivity contribution in [3.63, 3.8) is 0 Å². The molecule has 2 unspecified atom stereocenters. The van der Waals surface area contributed by atoms with Gasteiger partial charge in [0.1, 0.15) is 0 Å². The summed E-state index contributed by atoms with van der Waals surface area (Å²) in [6.07, 6.45) is 9.77. The Hall–Kier alpha value is -0.170. The van der Waals surface area contributed by atoms with E-state index in [4.69, 9.17) is 0 Å². The van der Waals surface area contributed by atoms with Crippen LogP contribution in [-0.2, 0) is 0 Å². The van der Waals surface area contributed by atoms with Crippen LogP contribution in [0, 0.1) is 11.8 Å². The third kappa shape index (κ3) is 7.31. The predicted molar refractivity (Wildman–Crippen MR) is 88.4 cm³/mol. The highest BCUT2D eigenvalue weighted by molar-refractivity contribution is 7.98. The second-order valence-electron chi connectivity index (χ2n) is 5.40. The zero-order valence-corrected chi connectivity index (χ0v) is 13.7. The molecule has 0 spiro atoms. The van der Waals surface area contributed by atoms with Crippen molar-refractivity contribution >= 4 is 11.8 Å². The van der Waals surface area contributed by atoms with E-state index in [9.17, 15) is 0 Å². The van der Waals surface area contributed by atoms with Crippen LogP contribution in [0.4, 0.5) is 0 Å². The summed E-state index contributed by atoms with van der Waals surface area (Å²) in [5, 5.41) is 0. The van der Waals surface area contributed by atoms with Gasteiger partial charge in [0.15, 0.2) is 0 Å². The Bertz CT molecular complexity index is 242. The van der Waals surface area contributed by atoms with E-state index in [1.165, 1.54) is 49.0 Å². The lowest BCUT2D eigenvalue weighted by Crippen LogP contribution is -2.09. The van der Waals surface area contributed by atoms with Gasteiger partial charge in [0.2, 0.25) is 0 Å². The maximum absolute atomic E-state index is 4.26. The van der Waals surface area contributed by atoms with Gasteiger partial charge in [-0.25, -0.2) is 0 Å². The van der Waals surface area contributed by atoms with E-state index < -0.39 is 0 Å². The van der Waals surface area contributed by atoms with Crippen LogP contribution in [0.25, 0.3) is 0 Å². The molecule has 0 fully saturated rings. The smallest absolute Gasteiger partial charge is 0.00646 e. The quantitative estimate of drug-likeness (QED) is 0.408. The van der Waals surface area contributed by atoms with Crippen LogP contribution in [0.15, 0.2) is 24.3 Å². The number of hydrogen-bond acceptors (Lipinski definition) is 1. The van der Waals surface area contributed by atoms with Gasteiger partial charge in [-0.2, -0.15) is 11.8 Å². The molecular formula is C17H32S. The second kappa shape index (κ2) is 10.7. The SMILES string of the molecule is C=C(C)C(CCC)CCC(CCSC)C(=C)CC. The molecule has 0 radical (unpaired) electrons. The number of hydrogen-bond donors (Lipinski definition) is 0. The van der Waals surface area contributed by atoms with Crippen LogP contribution in [-0.4, -0.2) is 12.0 Å². The Morgan fingerprint density at radius 2 is 1.61 bits per heavy atom. The van der Waals surface area contributed by atoms with E-state index in [2.05, 4.69) is 40.2 Å². The molecular weight excluding hydrogens is 236 g/mol. The van der Waals surface area contributed by atoms with Crippen LogP contribution < -0.4 is 0 Å².